The number of likely N-dealkylation sites (N-methyl/N-ethyl adjacent to an activating group) is 1. The molecule has 0 aliphatic carbocycles. The molecule has 0 spiro atoms. The molecule has 100 valence electrons. The Morgan fingerprint density at radius 1 is 1.39 bits per heavy atom. The van der Waals surface area contributed by atoms with Crippen LogP contribution in [0.15, 0.2) is 29.2 Å². The monoisotopic (exact) mass is 268 g/mol. The van der Waals surface area contributed by atoms with Crippen LogP contribution in [0.2, 0.25) is 0 Å². The molecule has 1 N–H and O–H groups in total. The first-order valence-corrected chi connectivity index (χ1v) is 7.93. The number of fused-ring (bicyclic) bond motifs is 1. The molecular weight excluding hydrogens is 248 g/mol. The van der Waals surface area contributed by atoms with Crippen molar-refractivity contribution in [3.8, 4) is 0 Å². The van der Waals surface area contributed by atoms with Crippen molar-refractivity contribution in [2.24, 2.45) is 0 Å². The van der Waals surface area contributed by atoms with E-state index in [0.29, 0.717) is 4.90 Å². The van der Waals surface area contributed by atoms with Crippen LogP contribution in [-0.2, 0) is 9.84 Å². The molecule has 0 fully saturated rings. The quantitative estimate of drug-likeness (QED) is 0.867. The lowest BCUT2D eigenvalue weighted by molar-refractivity contribution is 0.343. The van der Waals surface area contributed by atoms with Gasteiger partial charge in [-0.3, -0.25) is 0 Å². The second-order valence-electron chi connectivity index (χ2n) is 4.72. The van der Waals surface area contributed by atoms with Gasteiger partial charge >= 0.3 is 0 Å². The highest BCUT2D eigenvalue weighted by molar-refractivity contribution is 7.91. The third-order valence-corrected chi connectivity index (χ3v) is 5.25. The molecule has 18 heavy (non-hydrogen) atoms. The van der Waals surface area contributed by atoms with E-state index >= 15 is 0 Å². The van der Waals surface area contributed by atoms with Crippen molar-refractivity contribution in [2.75, 3.05) is 32.4 Å². The minimum Gasteiger partial charge on any atom is -0.308 e. The Hall–Kier alpha value is -0.910. The highest BCUT2D eigenvalue weighted by atomic mass is 32.2. The van der Waals surface area contributed by atoms with Crippen LogP contribution in [0.25, 0.3) is 0 Å². The highest BCUT2D eigenvalue weighted by Gasteiger charge is 2.33. The molecule has 0 radical (unpaired) electrons. The fourth-order valence-corrected chi connectivity index (χ4v) is 3.98. The maximum absolute atomic E-state index is 12.0. The molecule has 5 heteroatoms. The first-order valence-electron chi connectivity index (χ1n) is 6.28. The van der Waals surface area contributed by atoms with Crippen molar-refractivity contribution in [1.82, 2.24) is 10.2 Å². The SMILES string of the molecule is CCN(C)CCNC1CS(=O)(=O)c2ccccc21. The van der Waals surface area contributed by atoms with Gasteiger partial charge in [-0.25, -0.2) is 8.42 Å². The molecule has 0 saturated heterocycles. The summed E-state index contributed by atoms with van der Waals surface area (Å²) in [5, 5.41) is 3.34. The minimum atomic E-state index is -3.09. The summed E-state index contributed by atoms with van der Waals surface area (Å²) < 4.78 is 23.9. The Labute approximate surface area is 109 Å². The molecule has 0 bridgehead atoms. The third kappa shape index (κ3) is 2.74. The first-order chi connectivity index (χ1) is 8.54. The topological polar surface area (TPSA) is 49.4 Å². The second-order valence-corrected chi connectivity index (χ2v) is 6.72. The van der Waals surface area contributed by atoms with Crippen molar-refractivity contribution in [3.05, 3.63) is 29.8 Å². The Balaban J connectivity index is 2.05. The van der Waals surface area contributed by atoms with Gasteiger partial charge in [0.1, 0.15) is 0 Å². The zero-order valence-electron chi connectivity index (χ0n) is 10.9. The van der Waals surface area contributed by atoms with Crippen LogP contribution in [-0.4, -0.2) is 45.8 Å². The highest BCUT2D eigenvalue weighted by Crippen LogP contribution is 2.32. The van der Waals surface area contributed by atoms with E-state index in [0.717, 1.165) is 25.2 Å². The molecular formula is C13H20N2O2S. The number of hydrogen-bond donors (Lipinski definition) is 1. The number of nitrogens with one attached hydrogen (secondary N) is 1. The summed E-state index contributed by atoms with van der Waals surface area (Å²) in [5.74, 6) is 0.183. The maximum Gasteiger partial charge on any atom is 0.180 e. The summed E-state index contributed by atoms with van der Waals surface area (Å²) in [6, 6.07) is 7.22. The van der Waals surface area contributed by atoms with Gasteiger partial charge < -0.3 is 10.2 Å². The van der Waals surface area contributed by atoms with Gasteiger partial charge in [0.15, 0.2) is 9.84 Å². The van der Waals surface area contributed by atoms with E-state index < -0.39 is 9.84 Å². The maximum atomic E-state index is 12.0. The Morgan fingerprint density at radius 2 is 2.11 bits per heavy atom. The summed E-state index contributed by atoms with van der Waals surface area (Å²) in [4.78, 5) is 2.69. The molecule has 4 nitrogen and oxygen atoms in total. The minimum absolute atomic E-state index is 0.0588. The summed E-state index contributed by atoms with van der Waals surface area (Å²) >= 11 is 0. The van der Waals surface area contributed by atoms with Crippen LogP contribution in [0.1, 0.15) is 18.5 Å². The first kappa shape index (κ1) is 13.5. The summed E-state index contributed by atoms with van der Waals surface area (Å²) in [6.45, 7) is 4.84. The molecule has 0 amide bonds. The molecule has 1 atom stereocenters. The predicted octanol–water partition coefficient (Wildman–Crippen LogP) is 1.06. The zero-order chi connectivity index (χ0) is 13.2. The van der Waals surface area contributed by atoms with Crippen LogP contribution in [0.4, 0.5) is 0 Å². The number of nitrogens with zero attached hydrogens (tertiary/aromatic N) is 1. The van der Waals surface area contributed by atoms with Crippen molar-refractivity contribution in [2.45, 2.75) is 17.9 Å². The van der Waals surface area contributed by atoms with E-state index in [1.54, 1.807) is 12.1 Å². The van der Waals surface area contributed by atoms with E-state index in [1.807, 2.05) is 12.1 Å². The lowest BCUT2D eigenvalue weighted by Gasteiger charge is -2.17. The number of benzene rings is 1. The molecule has 1 aromatic rings. The smallest absolute Gasteiger partial charge is 0.180 e. The van der Waals surface area contributed by atoms with E-state index in [9.17, 15) is 8.42 Å². The lowest BCUT2D eigenvalue weighted by Crippen LogP contribution is -2.32. The molecule has 1 aliphatic heterocycles. The molecule has 1 aliphatic rings. The van der Waals surface area contributed by atoms with Crippen molar-refractivity contribution >= 4 is 9.84 Å². The number of sulfone groups is 1. The fourth-order valence-electron chi connectivity index (χ4n) is 2.21. The van der Waals surface area contributed by atoms with E-state index in [2.05, 4.69) is 24.2 Å². The summed E-state index contributed by atoms with van der Waals surface area (Å²) in [5.41, 5.74) is 0.914. The number of rotatable bonds is 5. The van der Waals surface area contributed by atoms with Gasteiger partial charge in [0.25, 0.3) is 0 Å². The predicted molar refractivity (Wildman–Crippen MR) is 72.4 cm³/mol. The zero-order valence-corrected chi connectivity index (χ0v) is 11.7. The van der Waals surface area contributed by atoms with E-state index in [-0.39, 0.29) is 11.8 Å². The largest absolute Gasteiger partial charge is 0.308 e. The van der Waals surface area contributed by atoms with Gasteiger partial charge in [-0.05, 0) is 25.2 Å². The molecule has 1 heterocycles. The number of hydrogen-bond acceptors (Lipinski definition) is 4. The third-order valence-electron chi connectivity index (χ3n) is 3.44. The second kappa shape index (κ2) is 5.38. The molecule has 0 aromatic heterocycles. The Morgan fingerprint density at radius 3 is 2.83 bits per heavy atom. The van der Waals surface area contributed by atoms with Crippen molar-refractivity contribution < 1.29 is 8.42 Å². The molecule has 0 saturated carbocycles. The van der Waals surface area contributed by atoms with Gasteiger partial charge in [0, 0.05) is 19.1 Å². The van der Waals surface area contributed by atoms with Crippen molar-refractivity contribution in [3.63, 3.8) is 0 Å². The van der Waals surface area contributed by atoms with Crippen molar-refractivity contribution in [1.29, 1.82) is 0 Å². The molecule has 2 rings (SSSR count). The molecule has 1 aromatic carbocycles. The normalized spacial score (nSPS) is 21.2. The molecule has 1 unspecified atom stereocenters. The van der Waals surface area contributed by atoms with Crippen LogP contribution in [0, 0.1) is 0 Å². The van der Waals surface area contributed by atoms with Gasteiger partial charge in [0.2, 0.25) is 0 Å². The standard InChI is InChI=1S/C13H20N2O2S/c1-3-15(2)9-8-14-12-10-18(16,17)13-7-5-4-6-11(12)13/h4-7,12,14H,3,8-10H2,1-2H3. The van der Waals surface area contributed by atoms with E-state index in [1.165, 1.54) is 0 Å². The fraction of sp³-hybridized carbons (Fsp3) is 0.538. The van der Waals surface area contributed by atoms with Crippen LogP contribution in [0.3, 0.4) is 0 Å². The lowest BCUT2D eigenvalue weighted by atomic mass is 10.1. The van der Waals surface area contributed by atoms with Crippen LogP contribution >= 0.6 is 0 Å². The van der Waals surface area contributed by atoms with Gasteiger partial charge in [-0.1, -0.05) is 25.1 Å². The van der Waals surface area contributed by atoms with Gasteiger partial charge in [-0.15, -0.1) is 0 Å². The van der Waals surface area contributed by atoms with E-state index in [4.69, 9.17) is 0 Å². The Kier molecular flexibility index (Phi) is 4.04. The average molecular weight is 268 g/mol. The summed E-state index contributed by atoms with van der Waals surface area (Å²) in [6.07, 6.45) is 0. The summed E-state index contributed by atoms with van der Waals surface area (Å²) in [7, 11) is -1.03. The van der Waals surface area contributed by atoms with Gasteiger partial charge in [0.05, 0.1) is 10.6 Å². The van der Waals surface area contributed by atoms with Gasteiger partial charge in [-0.2, -0.15) is 0 Å². The van der Waals surface area contributed by atoms with Crippen LogP contribution in [0.5, 0.6) is 0 Å². The van der Waals surface area contributed by atoms with Crippen LogP contribution < -0.4 is 5.32 Å². The average Bonchev–Trinajstić information content (AvgIpc) is 2.62. The Bertz CT molecular complexity index is 513.